The second-order valence-electron chi connectivity index (χ2n) is 4.67. The maximum atomic E-state index is 6.27. The van der Waals surface area contributed by atoms with Crippen molar-refractivity contribution < 1.29 is 9.15 Å². The van der Waals surface area contributed by atoms with Crippen molar-refractivity contribution in [3.05, 3.63) is 65.9 Å². The lowest BCUT2D eigenvalue weighted by atomic mass is 10.1. The van der Waals surface area contributed by atoms with E-state index in [0.717, 1.165) is 28.0 Å². The van der Waals surface area contributed by atoms with E-state index in [1.807, 2.05) is 61.5 Å². The normalized spacial score (nSPS) is 12.5. The van der Waals surface area contributed by atoms with Gasteiger partial charge in [-0.15, -0.1) is 0 Å². The van der Waals surface area contributed by atoms with E-state index in [2.05, 4.69) is 0 Å². The average molecular weight is 267 g/mol. The molecule has 3 heteroatoms. The van der Waals surface area contributed by atoms with Crippen LogP contribution in [0, 0.1) is 0 Å². The first kappa shape index (κ1) is 12.8. The van der Waals surface area contributed by atoms with Crippen LogP contribution >= 0.6 is 0 Å². The number of ether oxygens (including phenoxy) is 1. The summed E-state index contributed by atoms with van der Waals surface area (Å²) in [5.41, 5.74) is 8.14. The van der Waals surface area contributed by atoms with Crippen LogP contribution in [-0.2, 0) is 0 Å². The van der Waals surface area contributed by atoms with Crippen molar-refractivity contribution in [2.45, 2.75) is 13.0 Å². The lowest BCUT2D eigenvalue weighted by molar-refractivity contribution is 0.340. The predicted molar refractivity (Wildman–Crippen MR) is 79.9 cm³/mol. The van der Waals surface area contributed by atoms with Crippen molar-refractivity contribution in [2.24, 2.45) is 5.73 Å². The minimum Gasteiger partial charge on any atom is -0.494 e. The lowest BCUT2D eigenvalue weighted by Gasteiger charge is -2.10. The summed E-state index contributed by atoms with van der Waals surface area (Å²) in [4.78, 5) is 0. The van der Waals surface area contributed by atoms with Gasteiger partial charge in [0.2, 0.25) is 0 Å². The van der Waals surface area contributed by atoms with E-state index in [0.29, 0.717) is 6.61 Å². The fourth-order valence-electron chi connectivity index (χ4n) is 2.26. The van der Waals surface area contributed by atoms with Gasteiger partial charge in [0.1, 0.15) is 17.1 Å². The smallest absolute Gasteiger partial charge is 0.134 e. The van der Waals surface area contributed by atoms with Crippen LogP contribution in [0.4, 0.5) is 0 Å². The first-order valence-electron chi connectivity index (χ1n) is 6.74. The van der Waals surface area contributed by atoms with Gasteiger partial charge >= 0.3 is 0 Å². The Labute approximate surface area is 118 Å². The number of benzene rings is 2. The van der Waals surface area contributed by atoms with E-state index in [4.69, 9.17) is 14.9 Å². The Morgan fingerprint density at radius 1 is 1.10 bits per heavy atom. The van der Waals surface area contributed by atoms with Crippen LogP contribution in [0.3, 0.4) is 0 Å². The molecule has 1 heterocycles. The fraction of sp³-hybridized carbons (Fsp3) is 0.176. The highest BCUT2D eigenvalue weighted by atomic mass is 16.5. The Morgan fingerprint density at radius 2 is 1.85 bits per heavy atom. The molecule has 0 aliphatic rings. The molecular formula is C17H17NO2. The Hall–Kier alpha value is -2.26. The Balaban J connectivity index is 1.89. The molecule has 3 nitrogen and oxygen atoms in total. The highest BCUT2D eigenvalue weighted by Gasteiger charge is 2.14. The Bertz CT molecular complexity index is 667. The Kier molecular flexibility index (Phi) is 3.44. The van der Waals surface area contributed by atoms with Crippen molar-refractivity contribution in [3.63, 3.8) is 0 Å². The number of rotatable bonds is 4. The van der Waals surface area contributed by atoms with E-state index in [1.54, 1.807) is 0 Å². The van der Waals surface area contributed by atoms with E-state index in [-0.39, 0.29) is 6.04 Å². The molecule has 2 aromatic carbocycles. The third kappa shape index (κ3) is 2.40. The summed E-state index contributed by atoms with van der Waals surface area (Å²) in [6.07, 6.45) is 0. The van der Waals surface area contributed by atoms with Gasteiger partial charge in [-0.1, -0.05) is 30.3 Å². The summed E-state index contributed by atoms with van der Waals surface area (Å²) in [5.74, 6) is 1.63. The van der Waals surface area contributed by atoms with E-state index in [1.165, 1.54) is 0 Å². The van der Waals surface area contributed by atoms with Crippen molar-refractivity contribution in [3.8, 4) is 5.75 Å². The molecule has 102 valence electrons. The molecule has 0 spiro atoms. The lowest BCUT2D eigenvalue weighted by Crippen LogP contribution is -2.10. The number of hydrogen-bond donors (Lipinski definition) is 1. The van der Waals surface area contributed by atoms with Crippen LogP contribution in [0.1, 0.15) is 24.3 Å². The van der Waals surface area contributed by atoms with Crippen molar-refractivity contribution in [2.75, 3.05) is 6.61 Å². The number of nitrogens with two attached hydrogens (primary N) is 1. The third-order valence-corrected chi connectivity index (χ3v) is 3.30. The molecule has 1 atom stereocenters. The van der Waals surface area contributed by atoms with Gasteiger partial charge < -0.3 is 14.9 Å². The molecule has 0 fully saturated rings. The summed E-state index contributed by atoms with van der Waals surface area (Å²) in [7, 11) is 0. The van der Waals surface area contributed by atoms with E-state index in [9.17, 15) is 0 Å². The molecule has 0 amide bonds. The van der Waals surface area contributed by atoms with Crippen LogP contribution in [-0.4, -0.2) is 6.61 Å². The molecule has 20 heavy (non-hydrogen) atoms. The molecule has 1 aromatic heterocycles. The fourth-order valence-corrected chi connectivity index (χ4v) is 2.26. The van der Waals surface area contributed by atoms with Gasteiger partial charge in [0, 0.05) is 5.39 Å². The van der Waals surface area contributed by atoms with E-state index >= 15 is 0 Å². The van der Waals surface area contributed by atoms with Crippen LogP contribution in [0.2, 0.25) is 0 Å². The van der Waals surface area contributed by atoms with E-state index < -0.39 is 0 Å². The highest BCUT2D eigenvalue weighted by molar-refractivity contribution is 5.77. The van der Waals surface area contributed by atoms with Crippen molar-refractivity contribution in [1.82, 2.24) is 0 Å². The number of para-hydroxylation sites is 1. The van der Waals surface area contributed by atoms with Gasteiger partial charge in [-0.3, -0.25) is 0 Å². The first-order valence-corrected chi connectivity index (χ1v) is 6.74. The molecule has 0 aliphatic heterocycles. The molecule has 0 bridgehead atoms. The van der Waals surface area contributed by atoms with Crippen LogP contribution < -0.4 is 10.5 Å². The highest BCUT2D eigenvalue weighted by Crippen LogP contribution is 2.27. The zero-order chi connectivity index (χ0) is 13.9. The molecule has 1 unspecified atom stereocenters. The summed E-state index contributed by atoms with van der Waals surface area (Å²) >= 11 is 0. The molecule has 3 aromatic rings. The molecule has 2 N–H and O–H groups in total. The largest absolute Gasteiger partial charge is 0.494 e. The zero-order valence-electron chi connectivity index (χ0n) is 11.4. The summed E-state index contributed by atoms with van der Waals surface area (Å²) < 4.78 is 11.2. The van der Waals surface area contributed by atoms with Crippen LogP contribution in [0.25, 0.3) is 11.0 Å². The standard InChI is InChI=1S/C17H17NO2/c1-2-19-14-9-7-12(8-10-14)17(18)16-11-13-5-3-4-6-15(13)20-16/h3-11,17H,2,18H2,1H3. The monoisotopic (exact) mass is 267 g/mol. The topological polar surface area (TPSA) is 48.4 Å². The number of furan rings is 1. The van der Waals surface area contributed by atoms with Gasteiger partial charge in [0.25, 0.3) is 0 Å². The quantitative estimate of drug-likeness (QED) is 0.780. The summed E-state index contributed by atoms with van der Waals surface area (Å²) in [5, 5.41) is 1.07. The maximum absolute atomic E-state index is 6.27. The summed E-state index contributed by atoms with van der Waals surface area (Å²) in [6.45, 7) is 2.63. The zero-order valence-corrected chi connectivity index (χ0v) is 11.4. The van der Waals surface area contributed by atoms with Crippen molar-refractivity contribution in [1.29, 1.82) is 0 Å². The Morgan fingerprint density at radius 3 is 2.55 bits per heavy atom. The average Bonchev–Trinajstić information content (AvgIpc) is 2.91. The maximum Gasteiger partial charge on any atom is 0.134 e. The second-order valence-corrected chi connectivity index (χ2v) is 4.67. The minimum absolute atomic E-state index is 0.266. The van der Waals surface area contributed by atoms with Crippen LogP contribution in [0.15, 0.2) is 59.0 Å². The number of fused-ring (bicyclic) bond motifs is 1. The molecule has 0 aliphatic carbocycles. The van der Waals surface area contributed by atoms with Gasteiger partial charge in [-0.05, 0) is 36.8 Å². The van der Waals surface area contributed by atoms with Gasteiger partial charge in [-0.25, -0.2) is 0 Å². The van der Waals surface area contributed by atoms with Crippen LogP contribution in [0.5, 0.6) is 5.75 Å². The summed E-state index contributed by atoms with van der Waals surface area (Å²) in [6, 6.07) is 17.5. The molecular weight excluding hydrogens is 250 g/mol. The first-order chi connectivity index (χ1) is 9.78. The minimum atomic E-state index is -0.266. The molecule has 3 rings (SSSR count). The van der Waals surface area contributed by atoms with Gasteiger partial charge in [0.15, 0.2) is 0 Å². The number of hydrogen-bond acceptors (Lipinski definition) is 3. The van der Waals surface area contributed by atoms with Gasteiger partial charge in [-0.2, -0.15) is 0 Å². The predicted octanol–water partition coefficient (Wildman–Crippen LogP) is 3.88. The third-order valence-electron chi connectivity index (χ3n) is 3.30. The molecule has 0 saturated carbocycles. The molecule has 0 saturated heterocycles. The van der Waals surface area contributed by atoms with Crippen molar-refractivity contribution >= 4 is 11.0 Å². The van der Waals surface area contributed by atoms with Gasteiger partial charge in [0.05, 0.1) is 12.6 Å². The SMILES string of the molecule is CCOc1ccc(C(N)c2cc3ccccc3o2)cc1. The second kappa shape index (κ2) is 5.39. The molecule has 0 radical (unpaired) electrons.